The lowest BCUT2D eigenvalue weighted by Gasteiger charge is -2.21. The zero-order valence-corrected chi connectivity index (χ0v) is 11.9. The third-order valence-corrected chi connectivity index (χ3v) is 3.51. The molecule has 5 nitrogen and oxygen atoms in total. The van der Waals surface area contributed by atoms with Gasteiger partial charge in [0.2, 0.25) is 0 Å². The molecule has 6 heteroatoms. The molecule has 18 heavy (non-hydrogen) atoms. The molecule has 0 atom stereocenters. The first-order valence-electron chi connectivity index (χ1n) is 5.52. The number of carbonyl (C=O) groups excluding carboxylic acids is 1. The molecule has 0 saturated heterocycles. The third-order valence-electron chi connectivity index (χ3n) is 2.65. The number of rotatable bonds is 4. The molecule has 1 amide bonds. The zero-order valence-electron chi connectivity index (χ0n) is 10.4. The van der Waals surface area contributed by atoms with Crippen molar-refractivity contribution in [2.24, 2.45) is 10.9 Å². The molecule has 0 heterocycles. The standard InChI is InChI=1S/C12H16BrN3O2/c1-3-16(7-11(14)15-18)12(17)9-5-4-6-10(13)8(9)2/h4-6,18H,3,7H2,1-2H3,(H2,14,15). The second-order valence-electron chi connectivity index (χ2n) is 3.82. The topological polar surface area (TPSA) is 78.9 Å². The van der Waals surface area contributed by atoms with Gasteiger partial charge in [-0.15, -0.1) is 0 Å². The van der Waals surface area contributed by atoms with E-state index in [1.165, 1.54) is 4.90 Å². The molecule has 0 spiro atoms. The molecule has 3 N–H and O–H groups in total. The van der Waals surface area contributed by atoms with E-state index in [0.29, 0.717) is 12.1 Å². The van der Waals surface area contributed by atoms with Gasteiger partial charge in [0.15, 0.2) is 5.84 Å². The highest BCUT2D eigenvalue weighted by Crippen LogP contribution is 2.20. The van der Waals surface area contributed by atoms with Crippen molar-refractivity contribution in [3.63, 3.8) is 0 Å². The Morgan fingerprint density at radius 3 is 2.78 bits per heavy atom. The van der Waals surface area contributed by atoms with E-state index in [2.05, 4.69) is 21.1 Å². The monoisotopic (exact) mass is 313 g/mol. The van der Waals surface area contributed by atoms with Gasteiger partial charge in [0.1, 0.15) is 0 Å². The molecule has 0 radical (unpaired) electrons. The van der Waals surface area contributed by atoms with Crippen LogP contribution in [0.4, 0.5) is 0 Å². The van der Waals surface area contributed by atoms with Crippen LogP contribution in [0.3, 0.4) is 0 Å². The predicted molar refractivity (Wildman–Crippen MR) is 73.9 cm³/mol. The fourth-order valence-electron chi connectivity index (χ4n) is 1.56. The Morgan fingerprint density at radius 2 is 2.22 bits per heavy atom. The van der Waals surface area contributed by atoms with E-state index < -0.39 is 0 Å². The molecule has 0 aromatic heterocycles. The lowest BCUT2D eigenvalue weighted by atomic mass is 10.1. The van der Waals surface area contributed by atoms with Crippen molar-refractivity contribution in [1.29, 1.82) is 0 Å². The third kappa shape index (κ3) is 3.22. The number of carbonyl (C=O) groups is 1. The maximum atomic E-state index is 12.3. The van der Waals surface area contributed by atoms with Crippen LogP contribution < -0.4 is 5.73 Å². The van der Waals surface area contributed by atoms with Gasteiger partial charge in [-0.2, -0.15) is 0 Å². The molecule has 0 fully saturated rings. The van der Waals surface area contributed by atoms with Crippen LogP contribution >= 0.6 is 15.9 Å². The molecule has 1 aromatic rings. The lowest BCUT2D eigenvalue weighted by molar-refractivity contribution is 0.0785. The summed E-state index contributed by atoms with van der Waals surface area (Å²) in [6.07, 6.45) is 0. The lowest BCUT2D eigenvalue weighted by Crippen LogP contribution is -2.38. The smallest absolute Gasteiger partial charge is 0.254 e. The molecule has 0 saturated carbocycles. The average molecular weight is 314 g/mol. The molecule has 0 aliphatic carbocycles. The predicted octanol–water partition coefficient (Wildman–Crippen LogP) is 1.97. The van der Waals surface area contributed by atoms with Crippen LogP contribution in [0.5, 0.6) is 0 Å². The van der Waals surface area contributed by atoms with E-state index in [4.69, 9.17) is 10.9 Å². The Bertz CT molecular complexity index is 474. The van der Waals surface area contributed by atoms with E-state index in [1.807, 2.05) is 26.0 Å². The van der Waals surface area contributed by atoms with Crippen molar-refractivity contribution in [1.82, 2.24) is 4.90 Å². The van der Waals surface area contributed by atoms with Crippen LogP contribution in [-0.2, 0) is 0 Å². The molecule has 1 aromatic carbocycles. The summed E-state index contributed by atoms with van der Waals surface area (Å²) in [6, 6.07) is 5.45. The van der Waals surface area contributed by atoms with E-state index in [0.717, 1.165) is 10.0 Å². The molecule has 0 aliphatic heterocycles. The maximum Gasteiger partial charge on any atom is 0.254 e. The van der Waals surface area contributed by atoms with Crippen molar-refractivity contribution in [3.8, 4) is 0 Å². The number of amides is 1. The van der Waals surface area contributed by atoms with E-state index >= 15 is 0 Å². The second kappa shape index (κ2) is 6.39. The minimum Gasteiger partial charge on any atom is -0.409 e. The highest BCUT2D eigenvalue weighted by Gasteiger charge is 2.18. The van der Waals surface area contributed by atoms with Gasteiger partial charge in [-0.3, -0.25) is 4.79 Å². The Balaban J connectivity index is 3.00. The molecule has 98 valence electrons. The first-order valence-corrected chi connectivity index (χ1v) is 6.31. The number of halogens is 1. The van der Waals surface area contributed by atoms with Crippen molar-refractivity contribution in [3.05, 3.63) is 33.8 Å². The summed E-state index contributed by atoms with van der Waals surface area (Å²) in [6.45, 7) is 4.31. The Hall–Kier alpha value is -1.56. The van der Waals surface area contributed by atoms with Gasteiger partial charge >= 0.3 is 0 Å². The minimum atomic E-state index is -0.136. The first-order chi connectivity index (χ1) is 8.51. The number of oxime groups is 1. The highest BCUT2D eigenvalue weighted by molar-refractivity contribution is 9.10. The number of amidine groups is 1. The largest absolute Gasteiger partial charge is 0.409 e. The molecule has 0 unspecified atom stereocenters. The molecule has 1 rings (SSSR count). The quantitative estimate of drug-likeness (QED) is 0.386. The van der Waals surface area contributed by atoms with Crippen molar-refractivity contribution in [2.45, 2.75) is 13.8 Å². The van der Waals surface area contributed by atoms with Crippen LogP contribution in [0.2, 0.25) is 0 Å². The van der Waals surface area contributed by atoms with Crippen LogP contribution in [0, 0.1) is 6.92 Å². The van der Waals surface area contributed by atoms with Crippen LogP contribution in [-0.4, -0.2) is 34.9 Å². The van der Waals surface area contributed by atoms with Crippen molar-refractivity contribution in [2.75, 3.05) is 13.1 Å². The molecule has 0 aliphatic rings. The summed E-state index contributed by atoms with van der Waals surface area (Å²) in [5, 5.41) is 11.4. The summed E-state index contributed by atoms with van der Waals surface area (Å²) < 4.78 is 0.883. The fourth-order valence-corrected chi connectivity index (χ4v) is 1.93. The number of benzene rings is 1. The van der Waals surface area contributed by atoms with E-state index in [-0.39, 0.29) is 18.3 Å². The number of hydrogen-bond donors (Lipinski definition) is 2. The van der Waals surface area contributed by atoms with E-state index in [1.54, 1.807) is 6.07 Å². The zero-order chi connectivity index (χ0) is 13.7. The van der Waals surface area contributed by atoms with Gasteiger partial charge in [0.05, 0.1) is 6.54 Å². The summed E-state index contributed by atoms with van der Waals surface area (Å²) in [7, 11) is 0. The van der Waals surface area contributed by atoms with Crippen LogP contribution in [0.1, 0.15) is 22.8 Å². The van der Waals surface area contributed by atoms with Gasteiger partial charge < -0.3 is 15.8 Å². The second-order valence-corrected chi connectivity index (χ2v) is 4.68. The Kier molecular flexibility index (Phi) is 5.15. The van der Waals surface area contributed by atoms with Crippen LogP contribution in [0.15, 0.2) is 27.8 Å². The number of likely N-dealkylation sites (N-methyl/N-ethyl adjacent to an activating group) is 1. The SMILES string of the molecule is CCN(CC(N)=NO)C(=O)c1cccc(Br)c1C. The van der Waals surface area contributed by atoms with Gasteiger partial charge in [0.25, 0.3) is 5.91 Å². The summed E-state index contributed by atoms with van der Waals surface area (Å²) in [5.74, 6) is -0.124. The van der Waals surface area contributed by atoms with Gasteiger partial charge in [-0.1, -0.05) is 27.2 Å². The number of hydrogen-bond acceptors (Lipinski definition) is 3. The highest BCUT2D eigenvalue weighted by atomic mass is 79.9. The minimum absolute atomic E-state index is 0.0119. The average Bonchev–Trinajstić information content (AvgIpc) is 2.38. The normalized spacial score (nSPS) is 11.4. The fraction of sp³-hybridized carbons (Fsp3) is 0.333. The molecule has 0 bridgehead atoms. The van der Waals surface area contributed by atoms with Gasteiger partial charge in [0, 0.05) is 16.6 Å². The Labute approximate surface area is 114 Å². The molecular formula is C12H16BrN3O2. The van der Waals surface area contributed by atoms with Crippen molar-refractivity contribution >= 4 is 27.7 Å². The summed E-state index contributed by atoms with van der Waals surface area (Å²) in [4.78, 5) is 13.8. The van der Waals surface area contributed by atoms with Gasteiger partial charge in [-0.05, 0) is 31.5 Å². The van der Waals surface area contributed by atoms with Gasteiger partial charge in [-0.25, -0.2) is 0 Å². The first kappa shape index (κ1) is 14.5. The number of nitrogens with zero attached hydrogens (tertiary/aromatic N) is 2. The maximum absolute atomic E-state index is 12.3. The summed E-state index contributed by atoms with van der Waals surface area (Å²) >= 11 is 3.39. The molecular weight excluding hydrogens is 298 g/mol. The number of nitrogens with two attached hydrogens (primary N) is 1. The summed E-state index contributed by atoms with van der Waals surface area (Å²) in [5.41, 5.74) is 6.91. The van der Waals surface area contributed by atoms with E-state index in [9.17, 15) is 4.79 Å². The van der Waals surface area contributed by atoms with Crippen molar-refractivity contribution < 1.29 is 10.0 Å². The Morgan fingerprint density at radius 1 is 1.56 bits per heavy atom. The van der Waals surface area contributed by atoms with Crippen LogP contribution in [0.25, 0.3) is 0 Å².